The number of rotatable bonds is 9. The smallest absolute Gasteiger partial charge is 0.243 e. The molecule has 1 aromatic carbocycles. The largest absolute Gasteiger partial charge is 0.497 e. The minimum absolute atomic E-state index is 0.0595. The van der Waals surface area contributed by atoms with Crippen LogP contribution in [0.2, 0.25) is 0 Å². The van der Waals surface area contributed by atoms with Gasteiger partial charge in [-0.3, -0.25) is 9.78 Å². The number of carbonyl (C=O) groups excluding carboxylic acids is 1. The number of thioether (sulfide) groups is 1. The number of aliphatic hydroxyl groups is 1. The van der Waals surface area contributed by atoms with Crippen molar-refractivity contribution in [3.05, 3.63) is 54.4 Å². The molecule has 1 aromatic heterocycles. The van der Waals surface area contributed by atoms with Gasteiger partial charge in [-0.1, -0.05) is 17.8 Å². The van der Waals surface area contributed by atoms with Crippen molar-refractivity contribution in [1.29, 1.82) is 0 Å². The molecule has 0 aliphatic heterocycles. The van der Waals surface area contributed by atoms with Crippen molar-refractivity contribution < 1.29 is 23.1 Å². The molecule has 1 heterocycles. The molecule has 0 aliphatic rings. The summed E-state index contributed by atoms with van der Waals surface area (Å²) in [5.41, 5.74) is 0.695. The molecule has 0 bridgehead atoms. The average Bonchev–Trinajstić information content (AvgIpc) is 2.66. The van der Waals surface area contributed by atoms with Crippen LogP contribution in [0.3, 0.4) is 0 Å². The van der Waals surface area contributed by atoms with Gasteiger partial charge in [-0.15, -0.1) is 0 Å². The SMILES string of the molecule is COc1ccc(S(=O)(=O)N(Cc2cccnc2)CC(O)CSC(C)=O)cc1. The zero-order valence-corrected chi connectivity index (χ0v) is 16.7. The van der Waals surface area contributed by atoms with Crippen LogP contribution in [0.5, 0.6) is 5.75 Å². The van der Waals surface area contributed by atoms with Crippen LogP contribution in [0.4, 0.5) is 0 Å². The van der Waals surface area contributed by atoms with Crippen molar-refractivity contribution in [3.63, 3.8) is 0 Å². The Kier molecular flexibility index (Phi) is 7.78. The minimum atomic E-state index is -3.86. The standard InChI is InChI=1S/C18H22N2O5S2/c1-14(21)26-13-16(22)12-20(11-15-4-3-9-19-10-15)27(23,24)18-7-5-17(25-2)6-8-18/h3-10,16,22H,11-13H2,1-2H3. The highest BCUT2D eigenvalue weighted by Crippen LogP contribution is 2.22. The highest BCUT2D eigenvalue weighted by Gasteiger charge is 2.27. The molecule has 27 heavy (non-hydrogen) atoms. The average molecular weight is 411 g/mol. The normalized spacial score (nSPS) is 12.7. The molecular weight excluding hydrogens is 388 g/mol. The number of benzene rings is 1. The molecule has 1 N–H and O–H groups in total. The fourth-order valence-electron chi connectivity index (χ4n) is 2.34. The van der Waals surface area contributed by atoms with Gasteiger partial charge < -0.3 is 9.84 Å². The highest BCUT2D eigenvalue weighted by molar-refractivity contribution is 8.13. The van der Waals surface area contributed by atoms with E-state index >= 15 is 0 Å². The lowest BCUT2D eigenvalue weighted by molar-refractivity contribution is -0.109. The predicted molar refractivity (Wildman–Crippen MR) is 104 cm³/mol. The van der Waals surface area contributed by atoms with Crippen molar-refractivity contribution >= 4 is 26.9 Å². The summed E-state index contributed by atoms with van der Waals surface area (Å²) in [5, 5.41) is 10.1. The molecule has 0 amide bonds. The number of methoxy groups -OCH3 is 1. The van der Waals surface area contributed by atoms with Crippen LogP contribution in [-0.4, -0.2) is 53.4 Å². The molecule has 2 rings (SSSR count). The number of sulfonamides is 1. The Bertz CT molecular complexity index is 842. The number of aromatic nitrogens is 1. The Balaban J connectivity index is 2.27. The molecule has 1 atom stereocenters. The van der Waals surface area contributed by atoms with E-state index in [4.69, 9.17) is 4.74 Å². The topological polar surface area (TPSA) is 96.8 Å². The molecule has 0 saturated heterocycles. The third-order valence-corrected chi connectivity index (χ3v) is 6.46. The summed E-state index contributed by atoms with van der Waals surface area (Å²) >= 11 is 0.960. The fourth-order valence-corrected chi connectivity index (χ4v) is 4.34. The summed E-state index contributed by atoms with van der Waals surface area (Å²) in [7, 11) is -2.36. The van der Waals surface area contributed by atoms with E-state index in [-0.39, 0.29) is 28.9 Å². The molecule has 0 fully saturated rings. The maximum Gasteiger partial charge on any atom is 0.243 e. The molecule has 0 spiro atoms. The second-order valence-corrected chi connectivity index (χ2v) is 8.93. The minimum Gasteiger partial charge on any atom is -0.497 e. The van der Waals surface area contributed by atoms with Gasteiger partial charge in [0, 0.05) is 38.2 Å². The first-order valence-corrected chi connectivity index (χ1v) is 10.6. The van der Waals surface area contributed by atoms with Crippen LogP contribution in [0, 0.1) is 0 Å². The lowest BCUT2D eigenvalue weighted by atomic mass is 10.3. The molecular formula is C18H22N2O5S2. The van der Waals surface area contributed by atoms with Gasteiger partial charge in [-0.2, -0.15) is 4.31 Å². The summed E-state index contributed by atoms with van der Waals surface area (Å²) in [5.74, 6) is 0.669. The number of hydrogen-bond donors (Lipinski definition) is 1. The van der Waals surface area contributed by atoms with Gasteiger partial charge in [0.1, 0.15) is 5.75 Å². The van der Waals surface area contributed by atoms with E-state index in [1.54, 1.807) is 36.7 Å². The number of aliphatic hydroxyl groups excluding tert-OH is 1. The van der Waals surface area contributed by atoms with Crippen LogP contribution in [0.15, 0.2) is 53.7 Å². The molecule has 9 heteroatoms. The first kappa shape index (κ1) is 21.4. The van der Waals surface area contributed by atoms with E-state index in [9.17, 15) is 18.3 Å². The molecule has 0 radical (unpaired) electrons. The Hall–Kier alpha value is -1.94. The number of carbonyl (C=O) groups is 1. The summed E-state index contributed by atoms with van der Waals surface area (Å²) in [6.07, 6.45) is 2.20. The number of ether oxygens (including phenoxy) is 1. The Morgan fingerprint density at radius 3 is 2.56 bits per heavy atom. The predicted octanol–water partition coefficient (Wildman–Crippen LogP) is 1.92. The fraction of sp³-hybridized carbons (Fsp3) is 0.333. The second-order valence-electron chi connectivity index (χ2n) is 5.79. The van der Waals surface area contributed by atoms with Gasteiger partial charge in [-0.05, 0) is 35.9 Å². The first-order chi connectivity index (χ1) is 12.8. The van der Waals surface area contributed by atoms with E-state index in [0.717, 1.165) is 11.8 Å². The van der Waals surface area contributed by atoms with Crippen LogP contribution in [0.25, 0.3) is 0 Å². The molecule has 7 nitrogen and oxygen atoms in total. The first-order valence-electron chi connectivity index (χ1n) is 8.17. The van der Waals surface area contributed by atoms with Crippen molar-refractivity contribution in [2.45, 2.75) is 24.5 Å². The number of pyridine rings is 1. The zero-order chi connectivity index (χ0) is 19.9. The third-order valence-electron chi connectivity index (χ3n) is 3.67. The molecule has 2 aromatic rings. The number of nitrogens with zero attached hydrogens (tertiary/aromatic N) is 2. The lowest BCUT2D eigenvalue weighted by Gasteiger charge is -2.24. The third kappa shape index (κ3) is 6.31. The maximum atomic E-state index is 13.1. The van der Waals surface area contributed by atoms with Crippen molar-refractivity contribution in [2.75, 3.05) is 19.4 Å². The molecule has 0 aliphatic carbocycles. The van der Waals surface area contributed by atoms with Gasteiger partial charge in [0.25, 0.3) is 0 Å². The van der Waals surface area contributed by atoms with E-state index in [1.807, 2.05) is 0 Å². The van der Waals surface area contributed by atoms with Crippen LogP contribution < -0.4 is 4.74 Å². The summed E-state index contributed by atoms with van der Waals surface area (Å²) in [6, 6.07) is 9.53. The van der Waals surface area contributed by atoms with Gasteiger partial charge >= 0.3 is 0 Å². The van der Waals surface area contributed by atoms with Gasteiger partial charge in [0.2, 0.25) is 10.0 Å². The van der Waals surface area contributed by atoms with Gasteiger partial charge in [-0.25, -0.2) is 8.42 Å². The highest BCUT2D eigenvalue weighted by atomic mass is 32.2. The van der Waals surface area contributed by atoms with Crippen LogP contribution in [-0.2, 0) is 21.4 Å². The summed E-state index contributed by atoms with van der Waals surface area (Å²) < 4.78 is 32.4. The van der Waals surface area contributed by atoms with E-state index < -0.39 is 16.1 Å². The van der Waals surface area contributed by atoms with Gasteiger partial charge in [0.05, 0.1) is 18.1 Å². The lowest BCUT2D eigenvalue weighted by Crippen LogP contribution is -2.38. The Morgan fingerprint density at radius 2 is 2.00 bits per heavy atom. The molecule has 0 saturated carbocycles. The van der Waals surface area contributed by atoms with Gasteiger partial charge in [0.15, 0.2) is 5.12 Å². The van der Waals surface area contributed by atoms with E-state index in [0.29, 0.717) is 11.3 Å². The van der Waals surface area contributed by atoms with Crippen molar-refractivity contribution in [2.24, 2.45) is 0 Å². The van der Waals surface area contributed by atoms with Crippen LogP contribution >= 0.6 is 11.8 Å². The molecule has 1 unspecified atom stereocenters. The van der Waals surface area contributed by atoms with E-state index in [1.165, 1.54) is 30.5 Å². The monoisotopic (exact) mass is 410 g/mol. The summed E-state index contributed by atoms with van der Waals surface area (Å²) in [6.45, 7) is 1.33. The quantitative estimate of drug-likeness (QED) is 0.674. The molecule has 146 valence electrons. The Morgan fingerprint density at radius 1 is 1.30 bits per heavy atom. The van der Waals surface area contributed by atoms with Crippen LogP contribution in [0.1, 0.15) is 12.5 Å². The van der Waals surface area contributed by atoms with Crippen molar-refractivity contribution in [1.82, 2.24) is 9.29 Å². The second kappa shape index (κ2) is 9.84. The van der Waals surface area contributed by atoms with Crippen molar-refractivity contribution in [3.8, 4) is 5.75 Å². The van der Waals surface area contributed by atoms with E-state index in [2.05, 4.69) is 4.98 Å². The Labute approximate surface area is 163 Å². The maximum absolute atomic E-state index is 13.1. The summed E-state index contributed by atoms with van der Waals surface area (Å²) in [4.78, 5) is 15.2. The zero-order valence-electron chi connectivity index (χ0n) is 15.1. The number of hydrogen-bond acceptors (Lipinski definition) is 7.